The highest BCUT2D eigenvalue weighted by atomic mass is 16.5. The lowest BCUT2D eigenvalue weighted by Gasteiger charge is -2.23. The molecule has 0 spiro atoms. The van der Waals surface area contributed by atoms with Crippen molar-refractivity contribution in [1.29, 1.82) is 0 Å². The van der Waals surface area contributed by atoms with Crippen LogP contribution in [0.3, 0.4) is 0 Å². The summed E-state index contributed by atoms with van der Waals surface area (Å²) in [5.74, 6) is 1.74. The second-order valence-electron chi connectivity index (χ2n) is 6.05. The second-order valence-corrected chi connectivity index (χ2v) is 6.05. The molecule has 0 amide bonds. The molecule has 0 bridgehead atoms. The van der Waals surface area contributed by atoms with E-state index < -0.39 is 0 Å². The first-order chi connectivity index (χ1) is 10.0. The van der Waals surface area contributed by atoms with Crippen molar-refractivity contribution in [1.82, 2.24) is 0 Å². The minimum Gasteiger partial charge on any atom is -0.457 e. The quantitative estimate of drug-likeness (QED) is 0.836. The van der Waals surface area contributed by atoms with Gasteiger partial charge in [-0.05, 0) is 60.2 Å². The number of rotatable bonds is 6. The first kappa shape index (κ1) is 15.6. The van der Waals surface area contributed by atoms with Crippen molar-refractivity contribution in [2.75, 3.05) is 6.54 Å². The first-order valence-electron chi connectivity index (χ1n) is 7.62. The number of nitrogens with two attached hydrogens (primary N) is 1. The first-order valence-corrected chi connectivity index (χ1v) is 7.62. The van der Waals surface area contributed by atoms with Gasteiger partial charge in [-0.1, -0.05) is 45.0 Å². The van der Waals surface area contributed by atoms with E-state index in [4.69, 9.17) is 10.5 Å². The second kappa shape index (κ2) is 6.77. The molecule has 0 saturated heterocycles. The molecule has 2 heteroatoms. The fourth-order valence-electron chi connectivity index (χ4n) is 2.25. The van der Waals surface area contributed by atoms with E-state index in [2.05, 4.69) is 45.0 Å². The molecule has 0 aliphatic rings. The van der Waals surface area contributed by atoms with Gasteiger partial charge in [-0.25, -0.2) is 0 Å². The van der Waals surface area contributed by atoms with Crippen LogP contribution in [0.1, 0.15) is 38.3 Å². The van der Waals surface area contributed by atoms with Gasteiger partial charge in [0.2, 0.25) is 0 Å². The highest BCUT2D eigenvalue weighted by Gasteiger charge is 2.17. The number of benzene rings is 2. The summed E-state index contributed by atoms with van der Waals surface area (Å²) in [4.78, 5) is 0. The number of ether oxygens (including phenoxy) is 1. The van der Waals surface area contributed by atoms with Crippen molar-refractivity contribution in [2.45, 2.75) is 39.0 Å². The predicted molar refractivity (Wildman–Crippen MR) is 89.0 cm³/mol. The molecule has 0 aliphatic heterocycles. The van der Waals surface area contributed by atoms with Crippen molar-refractivity contribution in [3.05, 3.63) is 59.7 Å². The van der Waals surface area contributed by atoms with Gasteiger partial charge >= 0.3 is 0 Å². The van der Waals surface area contributed by atoms with Gasteiger partial charge < -0.3 is 10.5 Å². The summed E-state index contributed by atoms with van der Waals surface area (Å²) in [6.45, 7) is 7.40. The lowest BCUT2D eigenvalue weighted by Crippen LogP contribution is -2.14. The fourth-order valence-corrected chi connectivity index (χ4v) is 2.25. The van der Waals surface area contributed by atoms with E-state index >= 15 is 0 Å². The molecule has 2 rings (SSSR count). The van der Waals surface area contributed by atoms with Gasteiger partial charge in [0.05, 0.1) is 0 Å². The molecule has 0 aliphatic carbocycles. The summed E-state index contributed by atoms with van der Waals surface area (Å²) < 4.78 is 5.93. The largest absolute Gasteiger partial charge is 0.457 e. The Labute approximate surface area is 127 Å². The van der Waals surface area contributed by atoms with Crippen LogP contribution < -0.4 is 10.5 Å². The standard InChI is InChI=1S/C19H25NO/c1-4-19(2,3)16-8-10-17(11-9-16)21-18-7-5-6-15(14-18)12-13-20/h5-11,14H,4,12-13,20H2,1-3H3. The fraction of sp³-hybridized carbons (Fsp3) is 0.368. The van der Waals surface area contributed by atoms with E-state index in [1.165, 1.54) is 11.1 Å². The summed E-state index contributed by atoms with van der Waals surface area (Å²) in [6, 6.07) is 16.5. The highest BCUT2D eigenvalue weighted by molar-refractivity contribution is 5.36. The van der Waals surface area contributed by atoms with Gasteiger partial charge in [-0.15, -0.1) is 0 Å². The Morgan fingerprint density at radius 2 is 1.71 bits per heavy atom. The van der Waals surface area contributed by atoms with Crippen LogP contribution in [-0.4, -0.2) is 6.54 Å². The van der Waals surface area contributed by atoms with Crippen molar-refractivity contribution in [3.8, 4) is 11.5 Å². The molecule has 2 aromatic carbocycles. The van der Waals surface area contributed by atoms with Crippen molar-refractivity contribution in [3.63, 3.8) is 0 Å². The maximum atomic E-state index is 5.93. The summed E-state index contributed by atoms with van der Waals surface area (Å²) >= 11 is 0. The van der Waals surface area contributed by atoms with Crippen LogP contribution in [-0.2, 0) is 11.8 Å². The lowest BCUT2D eigenvalue weighted by atomic mass is 9.82. The molecule has 0 heterocycles. The topological polar surface area (TPSA) is 35.2 Å². The van der Waals surface area contributed by atoms with Crippen LogP contribution in [0.15, 0.2) is 48.5 Å². The van der Waals surface area contributed by atoms with E-state index in [0.29, 0.717) is 6.54 Å². The zero-order valence-corrected chi connectivity index (χ0v) is 13.2. The van der Waals surface area contributed by atoms with Crippen LogP contribution in [0, 0.1) is 0 Å². The SMILES string of the molecule is CCC(C)(C)c1ccc(Oc2cccc(CCN)c2)cc1. The highest BCUT2D eigenvalue weighted by Crippen LogP contribution is 2.29. The van der Waals surface area contributed by atoms with E-state index in [9.17, 15) is 0 Å². The summed E-state index contributed by atoms with van der Waals surface area (Å²) in [5, 5.41) is 0. The molecule has 21 heavy (non-hydrogen) atoms. The van der Waals surface area contributed by atoms with E-state index in [0.717, 1.165) is 24.3 Å². The third-order valence-electron chi connectivity index (χ3n) is 4.09. The zero-order chi connectivity index (χ0) is 15.3. The molecule has 2 nitrogen and oxygen atoms in total. The Morgan fingerprint density at radius 1 is 1.00 bits per heavy atom. The zero-order valence-electron chi connectivity index (χ0n) is 13.2. The Morgan fingerprint density at radius 3 is 2.33 bits per heavy atom. The Bertz CT molecular complexity index is 572. The lowest BCUT2D eigenvalue weighted by molar-refractivity contribution is 0.477. The average Bonchev–Trinajstić information content (AvgIpc) is 2.48. The summed E-state index contributed by atoms with van der Waals surface area (Å²) in [5.41, 5.74) is 8.35. The van der Waals surface area contributed by atoms with Crippen LogP contribution in [0.4, 0.5) is 0 Å². The molecule has 0 radical (unpaired) electrons. The molecule has 2 N–H and O–H groups in total. The van der Waals surface area contributed by atoms with Crippen molar-refractivity contribution < 1.29 is 4.74 Å². The molecule has 2 aromatic rings. The van der Waals surface area contributed by atoms with Gasteiger partial charge in [-0.3, -0.25) is 0 Å². The van der Waals surface area contributed by atoms with Gasteiger partial charge in [0.25, 0.3) is 0 Å². The maximum absolute atomic E-state index is 5.93. The average molecular weight is 283 g/mol. The van der Waals surface area contributed by atoms with E-state index in [1.807, 2.05) is 24.3 Å². The van der Waals surface area contributed by atoms with Gasteiger partial charge in [0, 0.05) is 0 Å². The van der Waals surface area contributed by atoms with Crippen LogP contribution in [0.5, 0.6) is 11.5 Å². The molecule has 0 saturated carbocycles. The monoisotopic (exact) mass is 283 g/mol. The van der Waals surface area contributed by atoms with Crippen molar-refractivity contribution in [2.24, 2.45) is 5.73 Å². The summed E-state index contributed by atoms with van der Waals surface area (Å²) in [7, 11) is 0. The normalized spacial score (nSPS) is 11.4. The molecule has 112 valence electrons. The number of hydrogen-bond acceptors (Lipinski definition) is 2. The molecule has 0 unspecified atom stereocenters. The van der Waals surface area contributed by atoms with E-state index in [1.54, 1.807) is 0 Å². The van der Waals surface area contributed by atoms with Gasteiger partial charge in [0.1, 0.15) is 11.5 Å². The minimum absolute atomic E-state index is 0.208. The van der Waals surface area contributed by atoms with Crippen LogP contribution in [0.25, 0.3) is 0 Å². The molecular formula is C19H25NO. The van der Waals surface area contributed by atoms with Gasteiger partial charge in [-0.2, -0.15) is 0 Å². The predicted octanol–water partition coefficient (Wildman–Crippen LogP) is 4.67. The summed E-state index contributed by atoms with van der Waals surface area (Å²) in [6.07, 6.45) is 2.00. The van der Waals surface area contributed by atoms with E-state index in [-0.39, 0.29) is 5.41 Å². The minimum atomic E-state index is 0.208. The molecule has 0 fully saturated rings. The Balaban J connectivity index is 2.11. The molecular weight excluding hydrogens is 258 g/mol. The number of hydrogen-bond donors (Lipinski definition) is 1. The maximum Gasteiger partial charge on any atom is 0.127 e. The Kier molecular flexibility index (Phi) is 5.03. The van der Waals surface area contributed by atoms with Gasteiger partial charge in [0.15, 0.2) is 0 Å². The van der Waals surface area contributed by atoms with Crippen LogP contribution in [0.2, 0.25) is 0 Å². The third-order valence-corrected chi connectivity index (χ3v) is 4.09. The molecule has 0 aromatic heterocycles. The molecule has 0 atom stereocenters. The van der Waals surface area contributed by atoms with Crippen molar-refractivity contribution >= 4 is 0 Å². The van der Waals surface area contributed by atoms with Crippen LogP contribution >= 0.6 is 0 Å². The smallest absolute Gasteiger partial charge is 0.127 e. The third kappa shape index (κ3) is 4.08. The Hall–Kier alpha value is -1.80.